The van der Waals surface area contributed by atoms with Crippen LogP contribution in [0.1, 0.15) is 66.4 Å². The van der Waals surface area contributed by atoms with Gasteiger partial charge in [0.05, 0.1) is 45.7 Å². The highest BCUT2D eigenvalue weighted by Gasteiger charge is 2.36. The number of hydrogen-bond donors (Lipinski definition) is 0. The van der Waals surface area contributed by atoms with Gasteiger partial charge in [0.1, 0.15) is 11.6 Å². The van der Waals surface area contributed by atoms with Crippen LogP contribution < -0.4 is 10.9 Å². The molecule has 46 heavy (non-hydrogen) atoms. The molecule has 242 valence electrons. The van der Waals surface area contributed by atoms with E-state index in [1.807, 2.05) is 0 Å². The lowest BCUT2D eigenvalue weighted by atomic mass is 9.76. The fourth-order valence-corrected chi connectivity index (χ4v) is 6.51. The topological polar surface area (TPSA) is 73.8 Å². The lowest BCUT2D eigenvalue weighted by molar-refractivity contribution is -0.173. The molecule has 3 aromatic rings. The Hall–Kier alpha value is -2.67. The Bertz CT molecular complexity index is 1450. The van der Waals surface area contributed by atoms with E-state index in [1.54, 1.807) is 12.1 Å². The maximum absolute atomic E-state index is 14.2. The van der Waals surface area contributed by atoms with Gasteiger partial charge in [0.2, 0.25) is 0 Å². The first-order chi connectivity index (χ1) is 22.6. The summed E-state index contributed by atoms with van der Waals surface area (Å²) >= 11 is 0. The highest BCUT2D eigenvalue weighted by atomic mass is 19.1. The molecule has 4 fully saturated rings. The van der Waals surface area contributed by atoms with Gasteiger partial charge in [0, 0.05) is 13.0 Å². The van der Waals surface area contributed by atoms with Crippen molar-refractivity contribution in [1.29, 1.82) is 0 Å². The molecule has 3 aromatic carbocycles. The first-order valence-corrected chi connectivity index (χ1v) is 16.2. The predicted molar refractivity (Wildman–Crippen MR) is 167 cm³/mol. The molecule has 4 atom stereocenters. The van der Waals surface area contributed by atoms with Crippen LogP contribution in [0.3, 0.4) is 0 Å². The lowest BCUT2D eigenvalue weighted by Gasteiger charge is -2.30. The second-order valence-corrected chi connectivity index (χ2v) is 12.2. The summed E-state index contributed by atoms with van der Waals surface area (Å²) in [6, 6.07) is 17.6. The van der Waals surface area contributed by atoms with Crippen LogP contribution in [0.15, 0.2) is 60.7 Å². The number of rotatable bonds is 10. The van der Waals surface area contributed by atoms with E-state index in [4.69, 9.17) is 37.6 Å². The maximum atomic E-state index is 14.2. The third-order valence-electron chi connectivity index (χ3n) is 9.04. The van der Waals surface area contributed by atoms with Crippen LogP contribution in [-0.4, -0.2) is 59.9 Å². The third-order valence-corrected chi connectivity index (χ3v) is 9.04. The van der Waals surface area contributed by atoms with Crippen molar-refractivity contribution in [2.75, 3.05) is 33.0 Å². The number of halogens is 2. The van der Waals surface area contributed by atoms with Gasteiger partial charge in [-0.15, -0.1) is 0 Å². The van der Waals surface area contributed by atoms with Gasteiger partial charge >= 0.3 is 14.2 Å². The Morgan fingerprint density at radius 1 is 0.652 bits per heavy atom. The molecule has 0 bridgehead atoms. The highest BCUT2D eigenvalue weighted by Crippen LogP contribution is 2.33. The molecule has 4 heterocycles. The van der Waals surface area contributed by atoms with Crippen molar-refractivity contribution in [3.05, 3.63) is 94.6 Å². The van der Waals surface area contributed by atoms with Crippen molar-refractivity contribution in [2.45, 2.75) is 69.9 Å². The first-order valence-electron chi connectivity index (χ1n) is 16.2. The molecule has 4 aliphatic rings. The number of ether oxygens (including phenoxy) is 4. The monoisotopic (exact) mass is 634 g/mol. The van der Waals surface area contributed by atoms with Gasteiger partial charge in [-0.2, -0.15) is 0 Å². The van der Waals surface area contributed by atoms with Gasteiger partial charge in [-0.1, -0.05) is 36.4 Å². The van der Waals surface area contributed by atoms with Crippen LogP contribution in [0.4, 0.5) is 8.78 Å². The summed E-state index contributed by atoms with van der Waals surface area (Å²) in [6.45, 7) is 3.08. The fourth-order valence-electron chi connectivity index (χ4n) is 6.51. The average Bonchev–Trinajstić information content (AvgIpc) is 3.81. The summed E-state index contributed by atoms with van der Waals surface area (Å²) in [7, 11) is -1.12. The minimum Gasteiger partial charge on any atom is -0.405 e. The average molecular weight is 634 g/mol. The molecule has 8 nitrogen and oxygen atoms in total. The van der Waals surface area contributed by atoms with E-state index in [2.05, 4.69) is 24.3 Å². The largest absolute Gasteiger partial charge is 0.494 e. The molecule has 0 N–H and O–H groups in total. The summed E-state index contributed by atoms with van der Waals surface area (Å²) in [5.41, 5.74) is 5.13. The highest BCUT2D eigenvalue weighted by molar-refractivity contribution is 6.62. The minimum absolute atomic E-state index is 0.197. The molecule has 0 aliphatic carbocycles. The summed E-state index contributed by atoms with van der Waals surface area (Å²) in [6.07, 6.45) is 3.56. The fraction of sp³-hybridized carbons (Fsp3) is 0.471. The zero-order valence-corrected chi connectivity index (χ0v) is 25.7. The third kappa shape index (κ3) is 7.72. The molecule has 0 saturated carbocycles. The minimum atomic E-state index is -0.616. The second kappa shape index (κ2) is 15.0. The Kier molecular flexibility index (Phi) is 10.4. The summed E-state index contributed by atoms with van der Waals surface area (Å²) in [5.74, 6) is -0.405. The van der Waals surface area contributed by atoms with Crippen LogP contribution in [-0.2, 0) is 50.8 Å². The predicted octanol–water partition coefficient (Wildman–Crippen LogP) is 4.67. The summed E-state index contributed by atoms with van der Waals surface area (Å²) in [4.78, 5) is 0. The zero-order chi connectivity index (χ0) is 31.3. The van der Waals surface area contributed by atoms with Crippen molar-refractivity contribution in [3.63, 3.8) is 0 Å². The zero-order valence-electron chi connectivity index (χ0n) is 25.7. The molecule has 0 radical (unpaired) electrons. The molecule has 0 spiro atoms. The van der Waals surface area contributed by atoms with Gasteiger partial charge in [-0.3, -0.25) is 0 Å². The molecule has 0 amide bonds. The smallest absolute Gasteiger partial charge is 0.405 e. The molecule has 4 aliphatic heterocycles. The lowest BCUT2D eigenvalue weighted by Crippen LogP contribution is -2.36. The first kappa shape index (κ1) is 31.9. The van der Waals surface area contributed by atoms with Crippen LogP contribution >= 0.6 is 0 Å². The Morgan fingerprint density at radius 2 is 1.30 bits per heavy atom. The van der Waals surface area contributed by atoms with Crippen LogP contribution in [0.25, 0.3) is 0 Å². The standard InChI is InChI=1S/C34H38B2F2O8/c37-28-8-10-30(35-43-15-16-44-35)26(17-28)21-42-34-19-25(12-14-40-34)23-4-6-24(7-5-23)32-22-45-36(46-32)31-11-9-29(38)18-27(31)20-41-33-3-1-2-13-39-33/h4-11,17-18,25,32-34H,1-3,12-16,19-22H2. The second-order valence-electron chi connectivity index (χ2n) is 12.2. The Morgan fingerprint density at radius 3 is 2.00 bits per heavy atom. The molecular formula is C34H38B2F2O8. The Labute approximate surface area is 268 Å². The van der Waals surface area contributed by atoms with E-state index in [1.165, 1.54) is 29.8 Å². The van der Waals surface area contributed by atoms with Crippen molar-refractivity contribution in [3.8, 4) is 0 Å². The summed E-state index contributed by atoms with van der Waals surface area (Å²) in [5, 5.41) is 0. The van der Waals surface area contributed by atoms with Crippen molar-refractivity contribution in [1.82, 2.24) is 0 Å². The van der Waals surface area contributed by atoms with Gasteiger partial charge in [-0.25, -0.2) is 8.78 Å². The Balaban J connectivity index is 0.945. The maximum Gasteiger partial charge on any atom is 0.494 e. The normalized spacial score (nSPS) is 25.3. The van der Waals surface area contributed by atoms with Crippen molar-refractivity contribution >= 4 is 25.2 Å². The molecule has 4 saturated heterocycles. The van der Waals surface area contributed by atoms with Crippen molar-refractivity contribution in [2.24, 2.45) is 0 Å². The van der Waals surface area contributed by atoms with E-state index in [0.717, 1.165) is 42.2 Å². The van der Waals surface area contributed by atoms with Crippen LogP contribution in [0, 0.1) is 11.6 Å². The SMILES string of the molecule is Fc1ccc(B2OCCO2)c(COC2CC(c3ccc(C4COB(c5ccc(F)cc5COC5CCCCO5)O4)cc3)CCO2)c1. The van der Waals surface area contributed by atoms with E-state index >= 15 is 0 Å². The van der Waals surface area contributed by atoms with E-state index in [9.17, 15) is 8.78 Å². The van der Waals surface area contributed by atoms with Gasteiger partial charge in [0.25, 0.3) is 0 Å². The quantitative estimate of drug-likeness (QED) is 0.298. The summed E-state index contributed by atoms with van der Waals surface area (Å²) < 4.78 is 75.5. The molecule has 4 unspecified atom stereocenters. The van der Waals surface area contributed by atoms with Crippen LogP contribution in [0.5, 0.6) is 0 Å². The number of benzene rings is 3. The van der Waals surface area contributed by atoms with Gasteiger partial charge in [-0.05, 0) is 89.0 Å². The molecule has 7 rings (SSSR count). The van der Waals surface area contributed by atoms with E-state index in [-0.39, 0.29) is 43.2 Å². The van der Waals surface area contributed by atoms with E-state index in [0.29, 0.717) is 50.6 Å². The van der Waals surface area contributed by atoms with Crippen LogP contribution in [0.2, 0.25) is 0 Å². The van der Waals surface area contributed by atoms with Gasteiger partial charge in [0.15, 0.2) is 12.6 Å². The van der Waals surface area contributed by atoms with E-state index < -0.39 is 20.5 Å². The van der Waals surface area contributed by atoms with Gasteiger partial charge < -0.3 is 37.6 Å². The number of hydrogen-bond acceptors (Lipinski definition) is 8. The molecular weight excluding hydrogens is 596 g/mol. The molecule has 12 heteroatoms. The van der Waals surface area contributed by atoms with Crippen molar-refractivity contribution < 1.29 is 46.3 Å². The molecule has 0 aromatic heterocycles.